The van der Waals surface area contributed by atoms with Crippen molar-refractivity contribution in [1.82, 2.24) is 10.3 Å². The van der Waals surface area contributed by atoms with Crippen molar-refractivity contribution >= 4 is 12.4 Å². The first-order chi connectivity index (χ1) is 6.45. The minimum absolute atomic E-state index is 0. The SMILES string of the molecule is Cl.c1ccc(O[C@H]2CCCNC2)nc1. The van der Waals surface area contributed by atoms with Crippen molar-refractivity contribution in [2.24, 2.45) is 0 Å². The highest BCUT2D eigenvalue weighted by atomic mass is 35.5. The van der Waals surface area contributed by atoms with Gasteiger partial charge in [-0.25, -0.2) is 4.98 Å². The average Bonchev–Trinajstić information content (AvgIpc) is 2.21. The van der Waals surface area contributed by atoms with Crippen LogP contribution in [0.5, 0.6) is 5.88 Å². The van der Waals surface area contributed by atoms with E-state index in [-0.39, 0.29) is 12.4 Å². The third-order valence-corrected chi connectivity index (χ3v) is 2.18. The standard InChI is InChI=1S/C10H14N2O.ClH/c1-2-7-12-10(5-1)13-9-4-3-6-11-8-9;/h1-2,5,7,9,11H,3-4,6,8H2;1H/t9-;/m0./s1. The molecule has 78 valence electrons. The first kappa shape index (κ1) is 11.3. The minimum Gasteiger partial charge on any atom is -0.473 e. The van der Waals surface area contributed by atoms with Crippen LogP contribution >= 0.6 is 12.4 Å². The number of pyridine rings is 1. The van der Waals surface area contributed by atoms with E-state index in [1.807, 2.05) is 18.2 Å². The molecule has 1 aliphatic rings. The summed E-state index contributed by atoms with van der Waals surface area (Å²) in [6.45, 7) is 2.05. The Morgan fingerprint density at radius 3 is 3.00 bits per heavy atom. The molecule has 1 aromatic heterocycles. The average molecular weight is 215 g/mol. The lowest BCUT2D eigenvalue weighted by Gasteiger charge is -2.23. The molecule has 0 unspecified atom stereocenters. The van der Waals surface area contributed by atoms with E-state index in [2.05, 4.69) is 10.3 Å². The summed E-state index contributed by atoms with van der Waals surface area (Å²) in [7, 11) is 0. The van der Waals surface area contributed by atoms with Crippen LogP contribution in [0.4, 0.5) is 0 Å². The predicted molar refractivity (Wildman–Crippen MR) is 58.0 cm³/mol. The van der Waals surface area contributed by atoms with Crippen LogP contribution in [-0.2, 0) is 0 Å². The van der Waals surface area contributed by atoms with E-state index in [1.165, 1.54) is 6.42 Å². The molecule has 0 spiro atoms. The minimum atomic E-state index is 0. The molecule has 0 amide bonds. The fourth-order valence-electron chi connectivity index (χ4n) is 1.51. The van der Waals surface area contributed by atoms with Crippen LogP contribution in [0.25, 0.3) is 0 Å². The van der Waals surface area contributed by atoms with Crippen LogP contribution in [0.3, 0.4) is 0 Å². The Hall–Kier alpha value is -0.800. The van der Waals surface area contributed by atoms with Gasteiger partial charge in [0, 0.05) is 18.8 Å². The molecular weight excluding hydrogens is 200 g/mol. The maximum Gasteiger partial charge on any atom is 0.213 e. The molecule has 0 aliphatic carbocycles. The van der Waals surface area contributed by atoms with Gasteiger partial charge in [-0.15, -0.1) is 12.4 Å². The number of ether oxygens (including phenoxy) is 1. The summed E-state index contributed by atoms with van der Waals surface area (Å²) >= 11 is 0. The summed E-state index contributed by atoms with van der Waals surface area (Å²) in [5.74, 6) is 0.733. The van der Waals surface area contributed by atoms with Crippen molar-refractivity contribution in [1.29, 1.82) is 0 Å². The van der Waals surface area contributed by atoms with E-state index in [0.29, 0.717) is 6.10 Å². The molecule has 3 nitrogen and oxygen atoms in total. The fraction of sp³-hybridized carbons (Fsp3) is 0.500. The predicted octanol–water partition coefficient (Wildman–Crippen LogP) is 1.63. The van der Waals surface area contributed by atoms with Crippen molar-refractivity contribution in [2.75, 3.05) is 13.1 Å². The molecule has 0 saturated carbocycles. The Labute approximate surface area is 90.3 Å². The van der Waals surface area contributed by atoms with Crippen LogP contribution in [0.1, 0.15) is 12.8 Å². The molecule has 1 aliphatic heterocycles. The Morgan fingerprint density at radius 2 is 2.36 bits per heavy atom. The third kappa shape index (κ3) is 3.16. The summed E-state index contributed by atoms with van der Waals surface area (Å²) in [4.78, 5) is 4.12. The molecule has 1 saturated heterocycles. The van der Waals surface area contributed by atoms with Crippen LogP contribution < -0.4 is 10.1 Å². The zero-order valence-electron chi connectivity index (χ0n) is 7.98. The second-order valence-electron chi connectivity index (χ2n) is 3.25. The number of aromatic nitrogens is 1. The van der Waals surface area contributed by atoms with Gasteiger partial charge < -0.3 is 10.1 Å². The lowest BCUT2D eigenvalue weighted by Crippen LogP contribution is -2.37. The van der Waals surface area contributed by atoms with Gasteiger partial charge in [0.2, 0.25) is 5.88 Å². The van der Waals surface area contributed by atoms with Gasteiger partial charge in [0.15, 0.2) is 0 Å². The molecule has 2 heterocycles. The van der Waals surface area contributed by atoms with Gasteiger partial charge in [-0.1, -0.05) is 6.07 Å². The van der Waals surface area contributed by atoms with E-state index >= 15 is 0 Å². The van der Waals surface area contributed by atoms with Gasteiger partial charge in [-0.3, -0.25) is 0 Å². The van der Waals surface area contributed by atoms with Crippen molar-refractivity contribution < 1.29 is 4.74 Å². The Kier molecular flexibility index (Phi) is 4.70. The smallest absolute Gasteiger partial charge is 0.213 e. The monoisotopic (exact) mass is 214 g/mol. The van der Waals surface area contributed by atoms with Gasteiger partial charge in [-0.05, 0) is 25.5 Å². The molecule has 14 heavy (non-hydrogen) atoms. The van der Waals surface area contributed by atoms with Gasteiger partial charge in [0.05, 0.1) is 0 Å². The zero-order valence-corrected chi connectivity index (χ0v) is 8.80. The highest BCUT2D eigenvalue weighted by Crippen LogP contribution is 2.11. The number of nitrogens with zero attached hydrogens (tertiary/aromatic N) is 1. The molecule has 0 aromatic carbocycles. The first-order valence-corrected chi connectivity index (χ1v) is 4.73. The quantitative estimate of drug-likeness (QED) is 0.813. The number of nitrogens with one attached hydrogen (secondary N) is 1. The van der Waals surface area contributed by atoms with Crippen molar-refractivity contribution in [3.05, 3.63) is 24.4 Å². The molecular formula is C10H15ClN2O. The van der Waals surface area contributed by atoms with E-state index in [4.69, 9.17) is 4.74 Å². The second-order valence-corrected chi connectivity index (χ2v) is 3.25. The first-order valence-electron chi connectivity index (χ1n) is 4.73. The molecule has 1 aromatic rings. The van der Waals surface area contributed by atoms with Crippen LogP contribution in [0, 0.1) is 0 Å². The Balaban J connectivity index is 0.000000980. The maximum absolute atomic E-state index is 5.68. The number of rotatable bonds is 2. The zero-order chi connectivity index (χ0) is 8.93. The second kappa shape index (κ2) is 5.83. The summed E-state index contributed by atoms with van der Waals surface area (Å²) in [6.07, 6.45) is 4.37. The summed E-state index contributed by atoms with van der Waals surface area (Å²) in [5, 5.41) is 3.30. The van der Waals surface area contributed by atoms with E-state index in [0.717, 1.165) is 25.4 Å². The van der Waals surface area contributed by atoms with Crippen LogP contribution in [0.15, 0.2) is 24.4 Å². The Morgan fingerprint density at radius 1 is 1.43 bits per heavy atom. The van der Waals surface area contributed by atoms with E-state index < -0.39 is 0 Å². The highest BCUT2D eigenvalue weighted by Gasteiger charge is 2.14. The largest absolute Gasteiger partial charge is 0.473 e. The number of hydrogen-bond donors (Lipinski definition) is 1. The van der Waals surface area contributed by atoms with Crippen LogP contribution in [-0.4, -0.2) is 24.2 Å². The number of halogens is 1. The molecule has 0 radical (unpaired) electrons. The van der Waals surface area contributed by atoms with E-state index in [1.54, 1.807) is 6.20 Å². The third-order valence-electron chi connectivity index (χ3n) is 2.18. The van der Waals surface area contributed by atoms with Crippen molar-refractivity contribution in [3.8, 4) is 5.88 Å². The fourth-order valence-corrected chi connectivity index (χ4v) is 1.51. The lowest BCUT2D eigenvalue weighted by atomic mass is 10.1. The van der Waals surface area contributed by atoms with Gasteiger partial charge in [-0.2, -0.15) is 0 Å². The van der Waals surface area contributed by atoms with Gasteiger partial charge in [0.1, 0.15) is 6.10 Å². The molecule has 4 heteroatoms. The maximum atomic E-state index is 5.68. The summed E-state index contributed by atoms with van der Waals surface area (Å²) < 4.78 is 5.68. The number of piperidine rings is 1. The molecule has 1 atom stereocenters. The van der Waals surface area contributed by atoms with E-state index in [9.17, 15) is 0 Å². The lowest BCUT2D eigenvalue weighted by molar-refractivity contribution is 0.160. The van der Waals surface area contributed by atoms with Crippen molar-refractivity contribution in [2.45, 2.75) is 18.9 Å². The normalized spacial score (nSPS) is 21.0. The van der Waals surface area contributed by atoms with Crippen molar-refractivity contribution in [3.63, 3.8) is 0 Å². The summed E-state index contributed by atoms with van der Waals surface area (Å²) in [6, 6.07) is 5.74. The van der Waals surface area contributed by atoms with Gasteiger partial charge in [0.25, 0.3) is 0 Å². The highest BCUT2D eigenvalue weighted by molar-refractivity contribution is 5.85. The molecule has 2 rings (SSSR count). The number of hydrogen-bond acceptors (Lipinski definition) is 3. The molecule has 1 N–H and O–H groups in total. The molecule has 1 fully saturated rings. The van der Waals surface area contributed by atoms with Crippen LogP contribution in [0.2, 0.25) is 0 Å². The van der Waals surface area contributed by atoms with Gasteiger partial charge >= 0.3 is 0 Å². The summed E-state index contributed by atoms with van der Waals surface area (Å²) in [5.41, 5.74) is 0. The topological polar surface area (TPSA) is 34.1 Å². The Bertz CT molecular complexity index is 250. The molecule has 0 bridgehead atoms.